The molecule has 11 heteroatoms. The van der Waals surface area contributed by atoms with E-state index in [4.69, 9.17) is 4.74 Å². The van der Waals surface area contributed by atoms with Gasteiger partial charge in [0.1, 0.15) is 11.6 Å². The van der Waals surface area contributed by atoms with E-state index in [-0.39, 0.29) is 23.2 Å². The van der Waals surface area contributed by atoms with Gasteiger partial charge in [0.15, 0.2) is 0 Å². The fourth-order valence-corrected chi connectivity index (χ4v) is 5.42. The number of sulfonamides is 1. The number of alkyl halides is 3. The van der Waals surface area contributed by atoms with E-state index in [2.05, 4.69) is 9.71 Å². The Bertz CT molecular complexity index is 1280. The Morgan fingerprint density at radius 2 is 1.81 bits per heavy atom. The van der Waals surface area contributed by atoms with Crippen LogP contribution in [0.3, 0.4) is 0 Å². The van der Waals surface area contributed by atoms with E-state index in [1.54, 1.807) is 6.07 Å². The van der Waals surface area contributed by atoms with Crippen LogP contribution in [0.4, 0.5) is 23.4 Å². The topological polar surface area (TPSA) is 68.3 Å². The van der Waals surface area contributed by atoms with Gasteiger partial charge >= 0.3 is 6.18 Å². The van der Waals surface area contributed by atoms with Crippen LogP contribution >= 0.6 is 22.6 Å². The first-order valence-corrected chi connectivity index (χ1v) is 11.9. The number of aromatic nitrogens is 1. The molecule has 3 aromatic rings. The van der Waals surface area contributed by atoms with Crippen LogP contribution in [0.15, 0.2) is 59.5 Å². The van der Waals surface area contributed by atoms with Crippen molar-refractivity contribution in [1.82, 2.24) is 4.98 Å². The SMILES string of the molecule is O=S(=O)(Nc1cccc(F)n1)c1ccc2c(c1)OCC[C@@H]2c1ccc(C(F)(F)F)cc1I. The van der Waals surface area contributed by atoms with Gasteiger partial charge in [0, 0.05) is 21.1 Å². The van der Waals surface area contributed by atoms with Crippen molar-refractivity contribution in [3.63, 3.8) is 0 Å². The largest absolute Gasteiger partial charge is 0.493 e. The molecule has 0 radical (unpaired) electrons. The van der Waals surface area contributed by atoms with Gasteiger partial charge in [0.05, 0.1) is 17.1 Å². The molecule has 0 amide bonds. The third-order valence-corrected chi connectivity index (χ3v) is 7.28. The first-order chi connectivity index (χ1) is 15.0. The lowest BCUT2D eigenvalue weighted by Crippen LogP contribution is -2.19. The minimum absolute atomic E-state index is 0.106. The highest BCUT2D eigenvalue weighted by atomic mass is 127. The second-order valence-corrected chi connectivity index (χ2v) is 9.92. The minimum Gasteiger partial charge on any atom is -0.493 e. The number of fused-ring (bicyclic) bond motifs is 1. The van der Waals surface area contributed by atoms with E-state index in [1.165, 1.54) is 30.3 Å². The molecule has 2 heterocycles. The van der Waals surface area contributed by atoms with Crippen molar-refractivity contribution in [2.24, 2.45) is 0 Å². The number of rotatable bonds is 4. The number of hydrogen-bond acceptors (Lipinski definition) is 4. The highest BCUT2D eigenvalue weighted by Gasteiger charge is 2.32. The average Bonchev–Trinajstić information content (AvgIpc) is 2.72. The number of anilines is 1. The molecule has 5 nitrogen and oxygen atoms in total. The summed E-state index contributed by atoms with van der Waals surface area (Å²) >= 11 is 1.88. The Labute approximate surface area is 195 Å². The van der Waals surface area contributed by atoms with E-state index in [9.17, 15) is 26.0 Å². The van der Waals surface area contributed by atoms with E-state index in [0.29, 0.717) is 26.9 Å². The molecule has 168 valence electrons. The zero-order chi connectivity index (χ0) is 23.1. The summed E-state index contributed by atoms with van der Waals surface area (Å²) in [6, 6.07) is 11.6. The van der Waals surface area contributed by atoms with Crippen LogP contribution in [-0.4, -0.2) is 20.0 Å². The molecule has 0 fully saturated rings. The maximum Gasteiger partial charge on any atom is 0.416 e. The second-order valence-electron chi connectivity index (χ2n) is 7.07. The van der Waals surface area contributed by atoms with E-state index in [0.717, 1.165) is 18.2 Å². The van der Waals surface area contributed by atoms with Gasteiger partial charge in [-0.3, -0.25) is 4.72 Å². The van der Waals surface area contributed by atoms with Crippen molar-refractivity contribution >= 4 is 38.4 Å². The van der Waals surface area contributed by atoms with Crippen LogP contribution in [0.25, 0.3) is 0 Å². The molecule has 0 saturated heterocycles. The molecule has 0 spiro atoms. The number of nitrogens with one attached hydrogen (secondary N) is 1. The number of nitrogens with zero attached hydrogens (tertiary/aromatic N) is 1. The second kappa shape index (κ2) is 8.50. The van der Waals surface area contributed by atoms with Gasteiger partial charge in [0.25, 0.3) is 10.0 Å². The summed E-state index contributed by atoms with van der Waals surface area (Å²) in [7, 11) is -4.06. The van der Waals surface area contributed by atoms with Crippen LogP contribution in [0.2, 0.25) is 0 Å². The molecule has 0 unspecified atom stereocenters. The normalized spacial score (nSPS) is 16.2. The third-order valence-electron chi connectivity index (χ3n) is 4.99. The first-order valence-electron chi connectivity index (χ1n) is 9.33. The fraction of sp³-hybridized carbons (Fsp3) is 0.190. The van der Waals surface area contributed by atoms with Gasteiger partial charge in [0.2, 0.25) is 5.95 Å². The summed E-state index contributed by atoms with van der Waals surface area (Å²) in [4.78, 5) is 3.38. The summed E-state index contributed by atoms with van der Waals surface area (Å²) in [5.41, 5.74) is 0.661. The fourth-order valence-electron chi connectivity index (χ4n) is 3.51. The molecule has 1 aromatic heterocycles. The third kappa shape index (κ3) is 4.68. The number of ether oxygens (including phenoxy) is 1. The van der Waals surface area contributed by atoms with Gasteiger partial charge in [-0.1, -0.05) is 18.2 Å². The summed E-state index contributed by atoms with van der Waals surface area (Å²) in [6.07, 6.45) is -3.90. The quantitative estimate of drug-likeness (QED) is 0.250. The van der Waals surface area contributed by atoms with Crippen molar-refractivity contribution < 1.29 is 30.7 Å². The highest BCUT2D eigenvalue weighted by molar-refractivity contribution is 14.1. The Balaban J connectivity index is 1.66. The van der Waals surface area contributed by atoms with Gasteiger partial charge in [-0.2, -0.15) is 17.6 Å². The maximum absolute atomic E-state index is 13.3. The predicted octanol–water partition coefficient (Wildman–Crippen LogP) is 5.56. The number of pyridine rings is 1. The molecule has 1 aliphatic heterocycles. The molecular weight excluding hydrogens is 563 g/mol. The zero-order valence-corrected chi connectivity index (χ0v) is 19.1. The van der Waals surface area contributed by atoms with Crippen LogP contribution < -0.4 is 9.46 Å². The van der Waals surface area contributed by atoms with Gasteiger partial charge < -0.3 is 4.74 Å². The van der Waals surface area contributed by atoms with E-state index >= 15 is 0 Å². The monoisotopic (exact) mass is 578 g/mol. The Morgan fingerprint density at radius 3 is 2.50 bits per heavy atom. The lowest BCUT2D eigenvalue weighted by Gasteiger charge is -2.28. The molecule has 0 bridgehead atoms. The summed E-state index contributed by atoms with van der Waals surface area (Å²) in [5, 5.41) is 0. The number of benzene rings is 2. The predicted molar refractivity (Wildman–Crippen MR) is 118 cm³/mol. The molecule has 2 aromatic carbocycles. The van der Waals surface area contributed by atoms with Crippen molar-refractivity contribution in [2.45, 2.75) is 23.4 Å². The highest BCUT2D eigenvalue weighted by Crippen LogP contribution is 2.42. The summed E-state index contributed by atoms with van der Waals surface area (Å²) in [5.74, 6) is -0.914. The van der Waals surface area contributed by atoms with E-state index in [1.807, 2.05) is 22.6 Å². The number of halogens is 5. The molecular formula is C21H15F4IN2O3S. The minimum atomic E-state index is -4.43. The maximum atomic E-state index is 13.3. The summed E-state index contributed by atoms with van der Waals surface area (Å²) in [6.45, 7) is 0.275. The molecule has 4 rings (SSSR count). The lowest BCUT2D eigenvalue weighted by molar-refractivity contribution is -0.137. The van der Waals surface area contributed by atoms with Crippen LogP contribution in [0, 0.1) is 9.52 Å². The standard InChI is InChI=1S/C21H15F4IN2O3S/c22-19-2-1-3-20(27-19)28-32(29,30)13-5-7-16-14(8-9-31-18(16)11-13)15-6-4-12(10-17(15)26)21(23,24)25/h1-7,10-11,14H,8-9H2,(H,27,28)/t14-/m1/s1. The Kier molecular flexibility index (Phi) is 6.05. The first kappa shape index (κ1) is 22.8. The molecule has 0 aliphatic carbocycles. The zero-order valence-electron chi connectivity index (χ0n) is 16.2. The Hall–Kier alpha value is -2.41. The van der Waals surface area contributed by atoms with Crippen molar-refractivity contribution in [2.75, 3.05) is 11.3 Å². The van der Waals surface area contributed by atoms with Gasteiger partial charge in [-0.05, 0) is 64.9 Å². The summed E-state index contributed by atoms with van der Waals surface area (Å²) < 4.78 is 86.0. The average molecular weight is 578 g/mol. The van der Waals surface area contributed by atoms with Crippen molar-refractivity contribution in [3.05, 3.63) is 80.8 Å². The molecule has 0 saturated carbocycles. The van der Waals surface area contributed by atoms with Crippen LogP contribution in [-0.2, 0) is 16.2 Å². The van der Waals surface area contributed by atoms with Gasteiger partial charge in [-0.25, -0.2) is 13.4 Å². The molecule has 1 aliphatic rings. The van der Waals surface area contributed by atoms with E-state index < -0.39 is 27.7 Å². The molecule has 1 N–H and O–H groups in total. The van der Waals surface area contributed by atoms with Gasteiger partial charge in [-0.15, -0.1) is 0 Å². The smallest absolute Gasteiger partial charge is 0.416 e. The van der Waals surface area contributed by atoms with Crippen LogP contribution in [0.1, 0.15) is 29.0 Å². The van der Waals surface area contributed by atoms with Crippen LogP contribution in [0.5, 0.6) is 5.75 Å². The van der Waals surface area contributed by atoms with Crippen molar-refractivity contribution in [3.8, 4) is 5.75 Å². The number of hydrogen-bond donors (Lipinski definition) is 1. The Morgan fingerprint density at radius 1 is 1.06 bits per heavy atom. The molecule has 1 atom stereocenters. The lowest BCUT2D eigenvalue weighted by atomic mass is 9.86. The van der Waals surface area contributed by atoms with Crippen molar-refractivity contribution in [1.29, 1.82) is 0 Å². The molecule has 32 heavy (non-hydrogen) atoms.